The van der Waals surface area contributed by atoms with Crippen LogP contribution >= 0.6 is 0 Å². The van der Waals surface area contributed by atoms with E-state index in [9.17, 15) is 16.8 Å². The summed E-state index contributed by atoms with van der Waals surface area (Å²) in [6.45, 7) is 0.240. The van der Waals surface area contributed by atoms with Gasteiger partial charge in [-0.25, -0.2) is 16.8 Å². The second-order valence-electron chi connectivity index (χ2n) is 4.29. The molecule has 2 N–H and O–H groups in total. The molecule has 1 aliphatic rings. The van der Waals surface area contributed by atoms with Gasteiger partial charge in [0.25, 0.3) is 0 Å². The van der Waals surface area contributed by atoms with Gasteiger partial charge < -0.3 is 5.73 Å². The fourth-order valence-electron chi connectivity index (χ4n) is 1.90. The minimum Gasteiger partial charge on any atom is -0.326 e. The van der Waals surface area contributed by atoms with Crippen molar-refractivity contribution in [3.63, 3.8) is 0 Å². The van der Waals surface area contributed by atoms with Gasteiger partial charge in [-0.05, 0) is 22.8 Å². The van der Waals surface area contributed by atoms with Crippen molar-refractivity contribution in [3.8, 4) is 0 Å². The Kier molecular flexibility index (Phi) is 3.08. The van der Waals surface area contributed by atoms with Crippen LogP contribution in [-0.4, -0.2) is 28.8 Å². The Balaban J connectivity index is 2.59. The maximum Gasteiger partial charge on any atom is 0.200 e. The third kappa shape index (κ3) is 2.47. The molecule has 0 spiro atoms. The van der Waals surface area contributed by atoms with Crippen LogP contribution in [0, 0.1) is 0 Å². The van der Waals surface area contributed by atoms with Crippen molar-refractivity contribution in [3.05, 3.63) is 34.7 Å². The van der Waals surface area contributed by atoms with Crippen molar-refractivity contribution in [2.24, 2.45) is 5.73 Å². The minimum absolute atomic E-state index is 0.143. The fourth-order valence-corrected chi connectivity index (χ4v) is 4.35. The normalized spacial score (nSPS) is 17.3. The lowest BCUT2D eigenvalue weighted by Gasteiger charge is -2.05. The van der Waals surface area contributed by atoms with Crippen LogP contribution < -0.4 is 5.73 Å². The van der Waals surface area contributed by atoms with Gasteiger partial charge in [-0.3, -0.25) is 0 Å². The van der Waals surface area contributed by atoms with Crippen molar-refractivity contribution in [1.82, 2.24) is 0 Å². The van der Waals surface area contributed by atoms with Gasteiger partial charge in [-0.15, -0.1) is 0 Å². The van der Waals surface area contributed by atoms with Gasteiger partial charge >= 0.3 is 0 Å². The van der Waals surface area contributed by atoms with E-state index in [1.807, 2.05) is 0 Å². The Bertz CT molecular complexity index is 730. The number of sulfone groups is 2. The Morgan fingerprint density at radius 3 is 2.50 bits per heavy atom. The molecule has 0 saturated heterocycles. The molecule has 2 rings (SSSR count). The zero-order chi connectivity index (χ0) is 13.6. The molecule has 1 heterocycles. The van der Waals surface area contributed by atoms with Crippen molar-refractivity contribution in [2.75, 3.05) is 12.0 Å². The molecule has 0 aliphatic carbocycles. The highest BCUT2D eigenvalue weighted by molar-refractivity contribution is 7.95. The summed E-state index contributed by atoms with van der Waals surface area (Å²) in [6, 6.07) is 4.81. The smallest absolute Gasteiger partial charge is 0.200 e. The molecule has 0 aromatic heterocycles. The third-order valence-electron chi connectivity index (χ3n) is 2.65. The summed E-state index contributed by atoms with van der Waals surface area (Å²) in [5, 5.41) is 1.03. The van der Waals surface area contributed by atoms with Crippen molar-refractivity contribution < 1.29 is 16.8 Å². The summed E-state index contributed by atoms with van der Waals surface area (Å²) in [5.74, 6) is -0.277. The topological polar surface area (TPSA) is 94.3 Å². The van der Waals surface area contributed by atoms with Gasteiger partial charge in [-0.2, -0.15) is 0 Å². The first kappa shape index (κ1) is 13.3. The number of hydrogen-bond acceptors (Lipinski definition) is 5. The van der Waals surface area contributed by atoms with Gasteiger partial charge in [0, 0.05) is 18.2 Å². The van der Waals surface area contributed by atoms with Gasteiger partial charge in [0.15, 0.2) is 9.84 Å². The Morgan fingerprint density at radius 1 is 1.28 bits per heavy atom. The zero-order valence-electron chi connectivity index (χ0n) is 9.75. The largest absolute Gasteiger partial charge is 0.326 e. The van der Waals surface area contributed by atoms with E-state index >= 15 is 0 Å². The van der Waals surface area contributed by atoms with Crippen LogP contribution in [0.15, 0.2) is 28.5 Å². The van der Waals surface area contributed by atoms with Gasteiger partial charge in [0.1, 0.15) is 0 Å². The second-order valence-corrected chi connectivity index (χ2v) is 8.20. The summed E-state index contributed by atoms with van der Waals surface area (Å²) in [7, 11) is -6.82. The molecule has 1 aliphatic heterocycles. The molecular weight excluding hydrogens is 274 g/mol. The maximum atomic E-state index is 11.9. The van der Waals surface area contributed by atoms with E-state index in [2.05, 4.69) is 0 Å². The first-order chi connectivity index (χ1) is 8.23. The fraction of sp³-hybridized carbons (Fsp3) is 0.273. The monoisotopic (exact) mass is 287 g/mol. The van der Waals surface area contributed by atoms with Crippen LogP contribution in [-0.2, 0) is 26.2 Å². The standard InChI is InChI=1S/C11H13NO4S2/c1-17(13,14)6-9-7-18(15,16)11-4-8(5-12)2-3-10(9)11/h2-4,7H,5-6,12H2,1H3. The number of rotatable bonds is 3. The van der Waals surface area contributed by atoms with Crippen molar-refractivity contribution >= 4 is 25.2 Å². The molecule has 1 aromatic carbocycles. The molecule has 0 atom stereocenters. The van der Waals surface area contributed by atoms with Crippen LogP contribution in [0.5, 0.6) is 0 Å². The number of nitrogens with two attached hydrogens (primary N) is 1. The van der Waals surface area contributed by atoms with E-state index < -0.39 is 19.7 Å². The average Bonchev–Trinajstić information content (AvgIpc) is 2.48. The van der Waals surface area contributed by atoms with Crippen molar-refractivity contribution in [1.29, 1.82) is 0 Å². The number of hydrogen-bond donors (Lipinski definition) is 1. The molecular formula is C11H13NO4S2. The summed E-state index contributed by atoms with van der Waals surface area (Å²) >= 11 is 0. The number of benzene rings is 1. The molecule has 18 heavy (non-hydrogen) atoms. The number of fused-ring (bicyclic) bond motifs is 1. The molecule has 98 valence electrons. The van der Waals surface area contributed by atoms with Crippen LogP contribution in [0.3, 0.4) is 0 Å². The van der Waals surface area contributed by atoms with E-state index in [-0.39, 0.29) is 17.2 Å². The second kappa shape index (κ2) is 4.18. The molecule has 0 radical (unpaired) electrons. The van der Waals surface area contributed by atoms with E-state index in [4.69, 9.17) is 5.73 Å². The quantitative estimate of drug-likeness (QED) is 0.864. The molecule has 0 bridgehead atoms. The van der Waals surface area contributed by atoms with Gasteiger partial charge in [0.2, 0.25) is 9.84 Å². The lowest BCUT2D eigenvalue weighted by molar-refractivity contribution is 0.603. The predicted octanol–water partition coefficient (Wildman–Crippen LogP) is 0.318. The summed E-state index contributed by atoms with van der Waals surface area (Å²) in [5.41, 5.74) is 6.93. The highest BCUT2D eigenvalue weighted by Gasteiger charge is 2.28. The zero-order valence-corrected chi connectivity index (χ0v) is 11.4. The van der Waals surface area contributed by atoms with Crippen LogP contribution in [0.4, 0.5) is 0 Å². The lowest BCUT2D eigenvalue weighted by atomic mass is 10.1. The van der Waals surface area contributed by atoms with Crippen molar-refractivity contribution in [2.45, 2.75) is 11.4 Å². The molecule has 0 unspecified atom stereocenters. The first-order valence-electron chi connectivity index (χ1n) is 5.20. The summed E-state index contributed by atoms with van der Waals surface area (Å²) < 4.78 is 46.4. The molecule has 0 saturated carbocycles. The summed E-state index contributed by atoms with van der Waals surface area (Å²) in [6.07, 6.45) is 1.08. The van der Waals surface area contributed by atoms with E-state index in [1.54, 1.807) is 12.1 Å². The van der Waals surface area contributed by atoms with Gasteiger partial charge in [-0.1, -0.05) is 12.1 Å². The third-order valence-corrected chi connectivity index (χ3v) is 5.03. The van der Waals surface area contributed by atoms with Gasteiger partial charge in [0.05, 0.1) is 10.6 Å². The highest BCUT2D eigenvalue weighted by Crippen LogP contribution is 2.34. The maximum absolute atomic E-state index is 11.9. The minimum atomic E-state index is -3.54. The van der Waals surface area contributed by atoms with Crippen LogP contribution in [0.2, 0.25) is 0 Å². The first-order valence-corrected chi connectivity index (χ1v) is 8.80. The summed E-state index contributed by atoms with van der Waals surface area (Å²) in [4.78, 5) is 0.143. The molecule has 0 amide bonds. The van der Waals surface area contributed by atoms with E-state index in [1.165, 1.54) is 6.07 Å². The SMILES string of the molecule is CS(=O)(=O)CC1=CS(=O)(=O)c2cc(CN)ccc21. The Labute approximate surface area is 106 Å². The predicted molar refractivity (Wildman–Crippen MR) is 69.2 cm³/mol. The Morgan fingerprint density at radius 2 is 1.94 bits per heavy atom. The molecule has 5 nitrogen and oxygen atoms in total. The molecule has 7 heteroatoms. The van der Waals surface area contributed by atoms with Crippen LogP contribution in [0.25, 0.3) is 5.57 Å². The van der Waals surface area contributed by atoms with Crippen LogP contribution in [0.1, 0.15) is 11.1 Å². The highest BCUT2D eigenvalue weighted by atomic mass is 32.2. The molecule has 1 aromatic rings. The van der Waals surface area contributed by atoms with E-state index in [0.29, 0.717) is 16.7 Å². The Hall–Kier alpha value is -1.18. The molecule has 0 fully saturated rings. The lowest BCUT2D eigenvalue weighted by Crippen LogP contribution is -2.04. The average molecular weight is 287 g/mol. The van der Waals surface area contributed by atoms with E-state index in [0.717, 1.165) is 11.7 Å².